The van der Waals surface area contributed by atoms with Crippen molar-refractivity contribution in [3.63, 3.8) is 0 Å². The van der Waals surface area contributed by atoms with E-state index in [-0.39, 0.29) is 17.2 Å². The first kappa shape index (κ1) is 18.7. The van der Waals surface area contributed by atoms with Gasteiger partial charge in [-0.3, -0.25) is 14.9 Å². The van der Waals surface area contributed by atoms with Crippen LogP contribution in [0.15, 0.2) is 42.5 Å². The van der Waals surface area contributed by atoms with E-state index in [9.17, 15) is 14.9 Å². The van der Waals surface area contributed by atoms with Crippen LogP contribution in [0.1, 0.15) is 54.7 Å². The predicted octanol–water partition coefficient (Wildman–Crippen LogP) is 4.41. The van der Waals surface area contributed by atoms with Gasteiger partial charge in [0.1, 0.15) is 11.9 Å². The highest BCUT2D eigenvalue weighted by atomic mass is 16.6. The number of carbonyl (C=O) groups excluding carboxylic acids is 1. The average Bonchev–Trinajstić information content (AvgIpc) is 2.68. The average molecular weight is 369 g/mol. The molecule has 142 valence electrons. The third kappa shape index (κ3) is 4.55. The number of carbonyl (C=O) groups is 1. The van der Waals surface area contributed by atoms with E-state index in [0.717, 1.165) is 17.7 Å². The summed E-state index contributed by atoms with van der Waals surface area (Å²) in [7, 11) is 0. The second-order valence-corrected chi connectivity index (χ2v) is 6.52. The Bertz CT molecular complexity index is 820. The van der Waals surface area contributed by atoms with Crippen molar-refractivity contribution in [1.29, 1.82) is 0 Å². The lowest BCUT2D eigenvalue weighted by Crippen LogP contribution is -2.38. The number of amides is 1. The zero-order valence-corrected chi connectivity index (χ0v) is 15.2. The maximum absolute atomic E-state index is 12.3. The minimum absolute atomic E-state index is 0.107. The van der Waals surface area contributed by atoms with Crippen molar-refractivity contribution < 1.29 is 14.5 Å². The highest BCUT2D eigenvalue weighted by Gasteiger charge is 2.26. The lowest BCUT2D eigenvalue weighted by molar-refractivity contribution is -0.384. The van der Waals surface area contributed by atoms with Crippen LogP contribution in [0.25, 0.3) is 0 Å². The Hall–Kier alpha value is -3.09. The lowest BCUT2D eigenvalue weighted by Gasteiger charge is -2.28. The Balaban J connectivity index is 1.64. The van der Waals surface area contributed by atoms with E-state index in [4.69, 9.17) is 4.74 Å². The van der Waals surface area contributed by atoms with Crippen LogP contribution in [0.3, 0.4) is 0 Å². The van der Waals surface area contributed by atoms with E-state index >= 15 is 0 Å². The highest BCUT2D eigenvalue weighted by Crippen LogP contribution is 2.30. The molecular weight excluding hydrogens is 346 g/mol. The molecule has 0 saturated carbocycles. The number of hydrogen-bond donors (Lipinski definition) is 2. The minimum Gasteiger partial charge on any atom is -0.494 e. The zero-order chi connectivity index (χ0) is 19.2. The van der Waals surface area contributed by atoms with E-state index in [2.05, 4.69) is 17.6 Å². The molecule has 1 amide bonds. The predicted molar refractivity (Wildman–Crippen MR) is 103 cm³/mol. The molecule has 0 aromatic heterocycles. The number of fused-ring (bicyclic) bond motifs is 1. The third-order valence-electron chi connectivity index (χ3n) is 4.51. The first-order chi connectivity index (χ1) is 13.1. The molecule has 0 fully saturated rings. The van der Waals surface area contributed by atoms with Gasteiger partial charge in [-0.05, 0) is 30.2 Å². The molecule has 1 aliphatic heterocycles. The van der Waals surface area contributed by atoms with Gasteiger partial charge in [0.25, 0.3) is 11.6 Å². The molecule has 2 N–H and O–H groups in total. The molecule has 7 heteroatoms. The van der Waals surface area contributed by atoms with Crippen LogP contribution in [-0.2, 0) is 0 Å². The first-order valence-corrected chi connectivity index (χ1v) is 9.17. The van der Waals surface area contributed by atoms with Crippen LogP contribution in [0, 0.1) is 10.1 Å². The van der Waals surface area contributed by atoms with Crippen LogP contribution in [0.2, 0.25) is 0 Å². The van der Waals surface area contributed by atoms with Crippen molar-refractivity contribution >= 4 is 17.3 Å². The molecule has 1 unspecified atom stereocenters. The monoisotopic (exact) mass is 369 g/mol. The number of nitrogens with zero attached hydrogens (tertiary/aromatic N) is 1. The number of nitro groups is 1. The fourth-order valence-corrected chi connectivity index (χ4v) is 3.00. The molecule has 1 atom stereocenters. The molecule has 1 aliphatic rings. The van der Waals surface area contributed by atoms with Gasteiger partial charge >= 0.3 is 0 Å². The second-order valence-electron chi connectivity index (χ2n) is 6.52. The number of non-ortho nitro benzene ring substituents is 1. The lowest BCUT2D eigenvalue weighted by atomic mass is 10.0. The van der Waals surface area contributed by atoms with Gasteiger partial charge in [0, 0.05) is 17.8 Å². The number of nitro benzene ring substituents is 1. The summed E-state index contributed by atoms with van der Waals surface area (Å²) >= 11 is 0. The van der Waals surface area contributed by atoms with Gasteiger partial charge in [-0.15, -0.1) is 0 Å². The molecular formula is C20H23N3O4. The maximum Gasteiger partial charge on any atom is 0.270 e. The van der Waals surface area contributed by atoms with Crippen molar-refractivity contribution in [2.75, 3.05) is 11.9 Å². The summed E-state index contributed by atoms with van der Waals surface area (Å²) in [6.45, 7) is 2.88. The zero-order valence-electron chi connectivity index (χ0n) is 15.2. The third-order valence-corrected chi connectivity index (χ3v) is 4.51. The van der Waals surface area contributed by atoms with Crippen molar-refractivity contribution in [3.8, 4) is 5.75 Å². The van der Waals surface area contributed by atoms with Crippen molar-refractivity contribution in [2.24, 2.45) is 0 Å². The van der Waals surface area contributed by atoms with Gasteiger partial charge in [-0.25, -0.2) is 0 Å². The Morgan fingerprint density at radius 1 is 1.07 bits per heavy atom. The molecule has 27 heavy (non-hydrogen) atoms. The van der Waals surface area contributed by atoms with Crippen LogP contribution >= 0.6 is 0 Å². The fourth-order valence-electron chi connectivity index (χ4n) is 3.00. The van der Waals surface area contributed by atoms with Gasteiger partial charge < -0.3 is 15.4 Å². The summed E-state index contributed by atoms with van der Waals surface area (Å²) in [4.78, 5) is 22.7. The van der Waals surface area contributed by atoms with E-state index in [1.807, 2.05) is 24.3 Å². The summed E-state index contributed by atoms with van der Waals surface area (Å²) in [6, 6.07) is 11.8. The van der Waals surface area contributed by atoms with E-state index in [0.29, 0.717) is 12.3 Å². The van der Waals surface area contributed by atoms with Gasteiger partial charge in [-0.2, -0.15) is 0 Å². The Morgan fingerprint density at radius 2 is 1.85 bits per heavy atom. The summed E-state index contributed by atoms with van der Waals surface area (Å²) in [6.07, 6.45) is 4.24. The fraction of sp³-hybridized carbons (Fsp3) is 0.350. The summed E-state index contributed by atoms with van der Waals surface area (Å²) in [5.74, 6) is 0.460. The first-order valence-electron chi connectivity index (χ1n) is 9.17. The van der Waals surface area contributed by atoms with Crippen LogP contribution in [0.4, 0.5) is 11.4 Å². The van der Waals surface area contributed by atoms with Gasteiger partial charge in [0.05, 0.1) is 17.1 Å². The topological polar surface area (TPSA) is 93.5 Å². The summed E-state index contributed by atoms with van der Waals surface area (Å²) in [5.41, 5.74) is 1.62. The number of ether oxygens (including phenoxy) is 1. The molecule has 0 bridgehead atoms. The molecule has 3 rings (SSSR count). The Labute approximate surface area is 157 Å². The number of unbranched alkanes of at least 4 members (excludes halogenated alkanes) is 3. The van der Waals surface area contributed by atoms with Crippen molar-refractivity contribution in [3.05, 3.63) is 63.7 Å². The number of nitrogens with one attached hydrogen (secondary N) is 2. The molecule has 1 heterocycles. The van der Waals surface area contributed by atoms with Gasteiger partial charge in [0.2, 0.25) is 0 Å². The van der Waals surface area contributed by atoms with Gasteiger partial charge in [0.15, 0.2) is 0 Å². The Kier molecular flexibility index (Phi) is 5.90. The van der Waals surface area contributed by atoms with E-state index in [1.54, 1.807) is 6.07 Å². The number of anilines is 1. The van der Waals surface area contributed by atoms with Crippen molar-refractivity contribution in [1.82, 2.24) is 5.32 Å². The minimum atomic E-state index is -0.513. The molecule has 0 spiro atoms. The summed E-state index contributed by atoms with van der Waals surface area (Å²) < 4.78 is 5.74. The Morgan fingerprint density at radius 3 is 2.56 bits per heavy atom. The molecule has 2 aromatic carbocycles. The second kappa shape index (κ2) is 8.53. The normalized spacial score (nSPS) is 15.4. The number of hydrogen-bond acceptors (Lipinski definition) is 5. The molecule has 0 radical (unpaired) electrons. The van der Waals surface area contributed by atoms with Gasteiger partial charge in [-0.1, -0.05) is 38.3 Å². The highest BCUT2D eigenvalue weighted by molar-refractivity contribution is 6.02. The van der Waals surface area contributed by atoms with Crippen LogP contribution in [0.5, 0.6) is 5.75 Å². The maximum atomic E-state index is 12.3. The molecule has 7 nitrogen and oxygen atoms in total. The largest absolute Gasteiger partial charge is 0.494 e. The molecule has 0 saturated heterocycles. The molecule has 2 aromatic rings. The smallest absolute Gasteiger partial charge is 0.270 e. The molecule has 0 aliphatic carbocycles. The quantitative estimate of drug-likeness (QED) is 0.408. The summed E-state index contributed by atoms with van der Waals surface area (Å²) in [5, 5.41) is 16.9. The van der Waals surface area contributed by atoms with Crippen LogP contribution < -0.4 is 15.4 Å². The van der Waals surface area contributed by atoms with E-state index in [1.165, 1.54) is 31.4 Å². The number of rotatable bonds is 8. The van der Waals surface area contributed by atoms with Crippen LogP contribution in [-0.4, -0.2) is 17.4 Å². The SMILES string of the molecule is CCCCCCOc1ccc(C2NC(=O)c3cc([N+](=O)[O-])ccc3N2)cc1. The number of benzene rings is 2. The standard InChI is InChI=1S/C20H23N3O4/c1-2-3-4-5-12-27-16-9-6-14(7-10-16)19-21-18-11-8-15(23(25)26)13-17(18)20(24)22-19/h6-11,13,19,21H,2-5,12H2,1H3,(H,22,24). The van der Waals surface area contributed by atoms with E-state index < -0.39 is 11.1 Å². The van der Waals surface area contributed by atoms with Crippen molar-refractivity contribution in [2.45, 2.75) is 38.8 Å².